The number of hydrogen-bond donors (Lipinski definition) is 2. The number of sulfonamides is 1. The minimum Gasteiger partial charge on any atom is -0.486 e. The van der Waals surface area contributed by atoms with Crippen LogP contribution in [-0.2, 0) is 10.0 Å². The Bertz CT molecular complexity index is 559. The third kappa shape index (κ3) is 4.36. The average Bonchev–Trinajstić information content (AvgIpc) is 2.42. The first-order valence-electron chi connectivity index (χ1n) is 6.53. The second kappa shape index (κ2) is 6.43. The summed E-state index contributed by atoms with van der Waals surface area (Å²) < 4.78 is 35.3. The smallest absolute Gasteiger partial charge is 0.208 e. The van der Waals surface area contributed by atoms with Crippen LogP contribution in [0.1, 0.15) is 18.5 Å². The lowest BCUT2D eigenvalue weighted by atomic mass is 10.1. The van der Waals surface area contributed by atoms with Crippen LogP contribution in [0.3, 0.4) is 0 Å². The molecule has 1 unspecified atom stereocenters. The van der Waals surface area contributed by atoms with Crippen molar-refractivity contribution in [2.24, 2.45) is 0 Å². The van der Waals surface area contributed by atoms with Gasteiger partial charge in [0.2, 0.25) is 10.0 Å². The molecule has 0 aliphatic carbocycles. The minimum absolute atomic E-state index is 0.104. The van der Waals surface area contributed by atoms with Gasteiger partial charge in [0.15, 0.2) is 11.5 Å². The van der Waals surface area contributed by atoms with E-state index in [4.69, 9.17) is 9.47 Å². The Morgan fingerprint density at radius 1 is 1.20 bits per heavy atom. The maximum absolute atomic E-state index is 10.9. The molecule has 0 spiro atoms. The van der Waals surface area contributed by atoms with Gasteiger partial charge in [-0.25, -0.2) is 13.1 Å². The predicted octanol–water partition coefficient (Wildman–Crippen LogP) is 0.658. The van der Waals surface area contributed by atoms with E-state index in [1.54, 1.807) is 0 Å². The molecule has 6 nitrogen and oxygen atoms in total. The fraction of sp³-hybridized carbons (Fsp3) is 0.538. The molecule has 0 saturated heterocycles. The number of rotatable bonds is 6. The van der Waals surface area contributed by atoms with Crippen molar-refractivity contribution in [3.63, 3.8) is 0 Å². The molecule has 1 aromatic rings. The number of fused-ring (bicyclic) bond motifs is 1. The highest BCUT2D eigenvalue weighted by atomic mass is 32.2. The Morgan fingerprint density at radius 3 is 2.60 bits per heavy atom. The molecular formula is C13H20N2O4S. The first kappa shape index (κ1) is 15.1. The lowest BCUT2D eigenvalue weighted by molar-refractivity contribution is 0.171. The zero-order valence-corrected chi connectivity index (χ0v) is 12.5. The number of benzene rings is 1. The number of ether oxygens (including phenoxy) is 2. The van der Waals surface area contributed by atoms with Crippen molar-refractivity contribution in [2.75, 3.05) is 32.6 Å². The molecule has 2 N–H and O–H groups in total. The maximum Gasteiger partial charge on any atom is 0.208 e. The van der Waals surface area contributed by atoms with Gasteiger partial charge in [0.05, 0.1) is 6.26 Å². The van der Waals surface area contributed by atoms with Crippen LogP contribution in [0.5, 0.6) is 11.5 Å². The van der Waals surface area contributed by atoms with E-state index in [9.17, 15) is 8.42 Å². The van der Waals surface area contributed by atoms with E-state index in [0.717, 1.165) is 23.3 Å². The van der Waals surface area contributed by atoms with Gasteiger partial charge in [0.1, 0.15) is 13.2 Å². The molecule has 1 aliphatic heterocycles. The van der Waals surface area contributed by atoms with Gasteiger partial charge in [-0.05, 0) is 24.6 Å². The molecule has 1 aromatic carbocycles. The minimum atomic E-state index is -3.13. The fourth-order valence-electron chi connectivity index (χ4n) is 1.97. The van der Waals surface area contributed by atoms with Gasteiger partial charge >= 0.3 is 0 Å². The molecule has 20 heavy (non-hydrogen) atoms. The van der Waals surface area contributed by atoms with Gasteiger partial charge in [0.25, 0.3) is 0 Å². The summed E-state index contributed by atoms with van der Waals surface area (Å²) in [4.78, 5) is 0. The van der Waals surface area contributed by atoms with Gasteiger partial charge in [-0.1, -0.05) is 6.07 Å². The summed E-state index contributed by atoms with van der Waals surface area (Å²) in [5, 5.41) is 3.25. The normalized spacial score (nSPS) is 15.9. The zero-order chi connectivity index (χ0) is 14.6. The van der Waals surface area contributed by atoms with Gasteiger partial charge in [-0.2, -0.15) is 0 Å². The molecule has 1 aliphatic rings. The molecule has 7 heteroatoms. The molecule has 1 atom stereocenters. The van der Waals surface area contributed by atoms with E-state index >= 15 is 0 Å². The zero-order valence-electron chi connectivity index (χ0n) is 11.7. The largest absolute Gasteiger partial charge is 0.486 e. The molecule has 0 amide bonds. The van der Waals surface area contributed by atoms with E-state index in [1.165, 1.54) is 0 Å². The van der Waals surface area contributed by atoms with Crippen LogP contribution in [0.4, 0.5) is 0 Å². The van der Waals surface area contributed by atoms with Crippen molar-refractivity contribution in [2.45, 2.75) is 13.0 Å². The fourth-order valence-corrected chi connectivity index (χ4v) is 2.45. The standard InChI is InChI=1S/C13H20N2O4S/c1-10(14-5-6-15-20(2,16)17)11-3-4-12-13(9-11)19-8-7-18-12/h3-4,9-10,14-15H,5-8H2,1-2H3. The third-order valence-corrected chi connectivity index (χ3v) is 3.73. The van der Waals surface area contributed by atoms with Crippen LogP contribution in [0.2, 0.25) is 0 Å². The Kier molecular flexibility index (Phi) is 4.85. The van der Waals surface area contributed by atoms with Gasteiger partial charge < -0.3 is 14.8 Å². The van der Waals surface area contributed by atoms with Crippen LogP contribution >= 0.6 is 0 Å². The van der Waals surface area contributed by atoms with Gasteiger partial charge in [0, 0.05) is 19.1 Å². The molecule has 0 radical (unpaired) electrons. The van der Waals surface area contributed by atoms with Crippen molar-refractivity contribution in [1.82, 2.24) is 10.0 Å². The van der Waals surface area contributed by atoms with E-state index in [0.29, 0.717) is 26.3 Å². The molecule has 112 valence electrons. The van der Waals surface area contributed by atoms with Crippen molar-refractivity contribution < 1.29 is 17.9 Å². The monoisotopic (exact) mass is 300 g/mol. The highest BCUT2D eigenvalue weighted by molar-refractivity contribution is 7.88. The summed E-state index contributed by atoms with van der Waals surface area (Å²) in [7, 11) is -3.13. The van der Waals surface area contributed by atoms with E-state index in [-0.39, 0.29) is 6.04 Å². The summed E-state index contributed by atoms with van der Waals surface area (Å²) in [5.41, 5.74) is 1.08. The summed E-state index contributed by atoms with van der Waals surface area (Å²) >= 11 is 0. The van der Waals surface area contributed by atoms with E-state index in [2.05, 4.69) is 10.0 Å². The van der Waals surface area contributed by atoms with Crippen molar-refractivity contribution in [3.8, 4) is 11.5 Å². The Balaban J connectivity index is 1.87. The summed E-state index contributed by atoms with van der Waals surface area (Å²) in [5.74, 6) is 1.53. The second-order valence-electron chi connectivity index (χ2n) is 4.75. The van der Waals surface area contributed by atoms with Crippen molar-refractivity contribution in [3.05, 3.63) is 23.8 Å². The molecule has 0 saturated carbocycles. The molecule has 1 heterocycles. The van der Waals surface area contributed by atoms with Crippen LogP contribution in [0.25, 0.3) is 0 Å². The summed E-state index contributed by atoms with van der Waals surface area (Å²) in [6.07, 6.45) is 1.15. The van der Waals surface area contributed by atoms with Crippen LogP contribution in [0.15, 0.2) is 18.2 Å². The summed E-state index contributed by atoms with van der Waals surface area (Å²) in [6, 6.07) is 5.94. The Morgan fingerprint density at radius 2 is 1.90 bits per heavy atom. The molecule has 0 bridgehead atoms. The lowest BCUT2D eigenvalue weighted by Crippen LogP contribution is -2.32. The third-order valence-electron chi connectivity index (χ3n) is 3.01. The first-order valence-corrected chi connectivity index (χ1v) is 8.42. The number of nitrogens with one attached hydrogen (secondary N) is 2. The molecule has 2 rings (SSSR count). The SMILES string of the molecule is CC(NCCNS(C)(=O)=O)c1ccc2c(c1)OCCO2. The highest BCUT2D eigenvalue weighted by Crippen LogP contribution is 2.32. The van der Waals surface area contributed by atoms with Gasteiger partial charge in [-0.15, -0.1) is 0 Å². The summed E-state index contributed by atoms with van der Waals surface area (Å²) in [6.45, 7) is 4.09. The maximum atomic E-state index is 10.9. The highest BCUT2D eigenvalue weighted by Gasteiger charge is 2.14. The Labute approximate surface area is 119 Å². The van der Waals surface area contributed by atoms with Crippen LogP contribution in [0, 0.1) is 0 Å². The van der Waals surface area contributed by atoms with Crippen LogP contribution < -0.4 is 19.5 Å². The van der Waals surface area contributed by atoms with Crippen LogP contribution in [-0.4, -0.2) is 41.0 Å². The quantitative estimate of drug-likeness (QED) is 0.755. The topological polar surface area (TPSA) is 76.7 Å². The lowest BCUT2D eigenvalue weighted by Gasteiger charge is -2.21. The van der Waals surface area contributed by atoms with Crippen molar-refractivity contribution >= 4 is 10.0 Å². The average molecular weight is 300 g/mol. The molecular weight excluding hydrogens is 280 g/mol. The first-order chi connectivity index (χ1) is 9.46. The number of hydrogen-bond acceptors (Lipinski definition) is 5. The van der Waals surface area contributed by atoms with Gasteiger partial charge in [-0.3, -0.25) is 0 Å². The Hall–Kier alpha value is -1.31. The van der Waals surface area contributed by atoms with E-state index < -0.39 is 10.0 Å². The molecule has 0 aromatic heterocycles. The molecule has 0 fully saturated rings. The van der Waals surface area contributed by atoms with E-state index in [1.807, 2.05) is 25.1 Å². The van der Waals surface area contributed by atoms with Crippen molar-refractivity contribution in [1.29, 1.82) is 0 Å². The second-order valence-corrected chi connectivity index (χ2v) is 6.58. The predicted molar refractivity (Wildman–Crippen MR) is 76.7 cm³/mol.